The Bertz CT molecular complexity index is 931. The average molecular weight is 339 g/mol. The number of methoxy groups -OCH3 is 2. The van der Waals surface area contributed by atoms with E-state index in [4.69, 9.17) is 14.5 Å². The molecule has 6 heteroatoms. The number of nitrogens with zero attached hydrogens (tertiary/aromatic N) is 2. The summed E-state index contributed by atoms with van der Waals surface area (Å²) in [6, 6.07) is 9.51. The van der Waals surface area contributed by atoms with Crippen molar-refractivity contribution in [3.63, 3.8) is 0 Å². The van der Waals surface area contributed by atoms with Gasteiger partial charge in [0.2, 0.25) is 5.91 Å². The zero-order chi connectivity index (χ0) is 18.0. The zero-order valence-electron chi connectivity index (χ0n) is 14.8. The molecule has 2 heterocycles. The number of nitrogens with one attached hydrogen (secondary N) is 1. The zero-order valence-corrected chi connectivity index (χ0v) is 14.8. The highest BCUT2D eigenvalue weighted by Gasteiger charge is 2.17. The Kier molecular flexibility index (Phi) is 4.61. The average Bonchev–Trinajstić information content (AvgIpc) is 2.98. The number of aromatic nitrogens is 2. The van der Waals surface area contributed by atoms with Gasteiger partial charge in [-0.05, 0) is 36.8 Å². The highest BCUT2D eigenvalue weighted by atomic mass is 16.5. The maximum absolute atomic E-state index is 12.0. The van der Waals surface area contributed by atoms with Gasteiger partial charge in [0.1, 0.15) is 17.2 Å². The van der Waals surface area contributed by atoms with E-state index >= 15 is 0 Å². The van der Waals surface area contributed by atoms with E-state index in [1.807, 2.05) is 54.8 Å². The van der Waals surface area contributed by atoms with Crippen LogP contribution in [0.4, 0.5) is 5.82 Å². The minimum absolute atomic E-state index is 0.0648. The number of ether oxygens (including phenoxy) is 2. The summed E-state index contributed by atoms with van der Waals surface area (Å²) >= 11 is 0. The van der Waals surface area contributed by atoms with Crippen LogP contribution in [0.2, 0.25) is 0 Å². The lowest BCUT2D eigenvalue weighted by Gasteiger charge is -2.10. The monoisotopic (exact) mass is 339 g/mol. The fourth-order valence-corrected chi connectivity index (χ4v) is 2.68. The Morgan fingerprint density at radius 1 is 1.16 bits per heavy atom. The number of aryl methyl sites for hydroxylation is 1. The summed E-state index contributed by atoms with van der Waals surface area (Å²) < 4.78 is 12.6. The van der Waals surface area contributed by atoms with Crippen molar-refractivity contribution in [2.24, 2.45) is 0 Å². The Hall–Kier alpha value is -3.02. The molecule has 25 heavy (non-hydrogen) atoms. The van der Waals surface area contributed by atoms with E-state index < -0.39 is 0 Å². The van der Waals surface area contributed by atoms with Crippen LogP contribution in [0.15, 0.2) is 36.5 Å². The second kappa shape index (κ2) is 6.84. The van der Waals surface area contributed by atoms with Crippen molar-refractivity contribution >= 4 is 17.4 Å². The Labute approximate surface area is 146 Å². The largest absolute Gasteiger partial charge is 0.493 e. The van der Waals surface area contributed by atoms with Gasteiger partial charge in [-0.2, -0.15) is 0 Å². The van der Waals surface area contributed by atoms with Crippen molar-refractivity contribution in [3.8, 4) is 22.8 Å². The lowest BCUT2D eigenvalue weighted by Crippen LogP contribution is -2.12. The number of imidazole rings is 1. The Balaban J connectivity index is 2.21. The van der Waals surface area contributed by atoms with Gasteiger partial charge in [0.15, 0.2) is 11.5 Å². The molecule has 0 saturated heterocycles. The standard InChI is InChI=1S/C19H21N3O3/c1-5-17(23)21-19-18(20-16-9-6-12(2)11-22(16)19)13-7-8-14(24-3)15(10-13)25-4/h6-11H,5H2,1-4H3,(H,21,23). The molecular formula is C19H21N3O3. The minimum atomic E-state index is -0.0648. The number of anilines is 1. The maximum atomic E-state index is 12.0. The SMILES string of the molecule is CCC(=O)Nc1c(-c2ccc(OC)c(OC)c2)nc2ccc(C)cn12. The van der Waals surface area contributed by atoms with Crippen LogP contribution in [0.1, 0.15) is 18.9 Å². The van der Waals surface area contributed by atoms with Crippen LogP contribution in [0.3, 0.4) is 0 Å². The molecule has 0 fully saturated rings. The molecule has 0 bridgehead atoms. The van der Waals surface area contributed by atoms with Gasteiger partial charge >= 0.3 is 0 Å². The van der Waals surface area contributed by atoms with E-state index in [1.54, 1.807) is 14.2 Å². The highest BCUT2D eigenvalue weighted by molar-refractivity contribution is 5.94. The van der Waals surface area contributed by atoms with Crippen LogP contribution in [0.5, 0.6) is 11.5 Å². The first-order valence-electron chi connectivity index (χ1n) is 8.08. The van der Waals surface area contributed by atoms with E-state index in [9.17, 15) is 4.79 Å². The smallest absolute Gasteiger partial charge is 0.225 e. The van der Waals surface area contributed by atoms with Crippen LogP contribution in [-0.4, -0.2) is 29.5 Å². The number of benzene rings is 1. The Morgan fingerprint density at radius 3 is 2.60 bits per heavy atom. The number of carbonyl (C=O) groups is 1. The predicted molar refractivity (Wildman–Crippen MR) is 97.4 cm³/mol. The summed E-state index contributed by atoms with van der Waals surface area (Å²) in [7, 11) is 3.19. The van der Waals surface area contributed by atoms with Crippen LogP contribution in [0.25, 0.3) is 16.9 Å². The van der Waals surface area contributed by atoms with Crippen LogP contribution >= 0.6 is 0 Å². The van der Waals surface area contributed by atoms with E-state index in [0.29, 0.717) is 29.4 Å². The van der Waals surface area contributed by atoms with Gasteiger partial charge < -0.3 is 14.8 Å². The summed E-state index contributed by atoms with van der Waals surface area (Å²) in [6.07, 6.45) is 2.35. The second-order valence-electron chi connectivity index (χ2n) is 5.72. The molecule has 6 nitrogen and oxygen atoms in total. The van der Waals surface area contributed by atoms with Crippen molar-refractivity contribution in [3.05, 3.63) is 42.1 Å². The van der Waals surface area contributed by atoms with E-state index in [-0.39, 0.29) is 5.91 Å². The molecule has 1 N–H and O–H groups in total. The van der Waals surface area contributed by atoms with Gasteiger partial charge in [-0.1, -0.05) is 13.0 Å². The molecule has 130 valence electrons. The summed E-state index contributed by atoms with van der Waals surface area (Å²) in [5.74, 6) is 1.84. The first kappa shape index (κ1) is 16.8. The quantitative estimate of drug-likeness (QED) is 0.770. The first-order chi connectivity index (χ1) is 12.1. The molecule has 0 aliphatic carbocycles. The fraction of sp³-hybridized carbons (Fsp3) is 0.263. The molecule has 0 aliphatic rings. The molecule has 3 rings (SSSR count). The maximum Gasteiger partial charge on any atom is 0.225 e. The number of hydrogen-bond acceptors (Lipinski definition) is 4. The van der Waals surface area contributed by atoms with E-state index in [1.165, 1.54) is 0 Å². The topological polar surface area (TPSA) is 64.9 Å². The van der Waals surface area contributed by atoms with Crippen molar-refractivity contribution in [1.82, 2.24) is 9.38 Å². The summed E-state index contributed by atoms with van der Waals surface area (Å²) in [4.78, 5) is 16.7. The summed E-state index contributed by atoms with van der Waals surface area (Å²) in [5.41, 5.74) is 3.37. The molecule has 0 saturated carbocycles. The van der Waals surface area contributed by atoms with Crippen molar-refractivity contribution in [2.75, 3.05) is 19.5 Å². The molecule has 0 spiro atoms. The first-order valence-corrected chi connectivity index (χ1v) is 8.08. The van der Waals surface area contributed by atoms with Gasteiger partial charge in [0.25, 0.3) is 0 Å². The molecule has 0 aliphatic heterocycles. The van der Waals surface area contributed by atoms with Crippen LogP contribution in [0, 0.1) is 6.92 Å². The van der Waals surface area contributed by atoms with Crippen LogP contribution in [-0.2, 0) is 4.79 Å². The Morgan fingerprint density at radius 2 is 1.92 bits per heavy atom. The number of carbonyl (C=O) groups excluding carboxylic acids is 1. The van der Waals surface area contributed by atoms with Gasteiger partial charge in [-0.3, -0.25) is 9.20 Å². The number of pyridine rings is 1. The van der Waals surface area contributed by atoms with Crippen LogP contribution < -0.4 is 14.8 Å². The van der Waals surface area contributed by atoms with Gasteiger partial charge in [0.05, 0.1) is 14.2 Å². The van der Waals surface area contributed by atoms with Gasteiger partial charge in [-0.25, -0.2) is 4.98 Å². The lowest BCUT2D eigenvalue weighted by molar-refractivity contribution is -0.115. The lowest BCUT2D eigenvalue weighted by atomic mass is 10.1. The number of amides is 1. The normalized spacial score (nSPS) is 10.7. The minimum Gasteiger partial charge on any atom is -0.493 e. The third-order valence-electron chi connectivity index (χ3n) is 4.00. The predicted octanol–water partition coefficient (Wildman–Crippen LogP) is 3.68. The molecule has 0 radical (unpaired) electrons. The summed E-state index contributed by atoms with van der Waals surface area (Å²) in [6.45, 7) is 3.82. The van der Waals surface area contributed by atoms with Gasteiger partial charge in [-0.15, -0.1) is 0 Å². The molecule has 1 aromatic carbocycles. The number of hydrogen-bond donors (Lipinski definition) is 1. The highest BCUT2D eigenvalue weighted by Crippen LogP contribution is 2.35. The molecule has 1 amide bonds. The number of fused-ring (bicyclic) bond motifs is 1. The third-order valence-corrected chi connectivity index (χ3v) is 4.00. The fourth-order valence-electron chi connectivity index (χ4n) is 2.68. The van der Waals surface area contributed by atoms with Gasteiger partial charge in [0, 0.05) is 18.2 Å². The van der Waals surface area contributed by atoms with Crippen molar-refractivity contribution in [1.29, 1.82) is 0 Å². The van der Waals surface area contributed by atoms with Crippen molar-refractivity contribution < 1.29 is 14.3 Å². The second-order valence-corrected chi connectivity index (χ2v) is 5.72. The molecule has 0 unspecified atom stereocenters. The van der Waals surface area contributed by atoms with E-state index in [0.717, 1.165) is 16.8 Å². The van der Waals surface area contributed by atoms with Crippen molar-refractivity contribution in [2.45, 2.75) is 20.3 Å². The third kappa shape index (κ3) is 3.15. The molecule has 0 atom stereocenters. The summed E-state index contributed by atoms with van der Waals surface area (Å²) in [5, 5.41) is 2.96. The van der Waals surface area contributed by atoms with E-state index in [2.05, 4.69) is 5.32 Å². The molecular weight excluding hydrogens is 318 g/mol. The molecule has 3 aromatic rings. The molecule has 2 aromatic heterocycles. The number of rotatable bonds is 5.